The zero-order valence-corrected chi connectivity index (χ0v) is 8.98. The van der Waals surface area contributed by atoms with Gasteiger partial charge in [-0.15, -0.1) is 0 Å². The van der Waals surface area contributed by atoms with Crippen LogP contribution in [0.3, 0.4) is 0 Å². The number of fused-ring (bicyclic) bond motifs is 1. The molecule has 0 radical (unpaired) electrons. The van der Waals surface area contributed by atoms with Crippen molar-refractivity contribution in [3.63, 3.8) is 0 Å². The number of aromatic carboxylic acids is 1. The van der Waals surface area contributed by atoms with Gasteiger partial charge < -0.3 is 9.84 Å². The molecular weight excluding hydrogens is 208 g/mol. The van der Waals surface area contributed by atoms with Gasteiger partial charge in [-0.25, -0.2) is 4.79 Å². The largest absolute Gasteiger partial charge is 0.476 e. The van der Waals surface area contributed by atoms with E-state index in [1.165, 1.54) is 6.42 Å². The van der Waals surface area contributed by atoms with Gasteiger partial charge in [0.2, 0.25) is 0 Å². The first-order valence-corrected chi connectivity index (χ1v) is 5.68. The van der Waals surface area contributed by atoms with Gasteiger partial charge >= 0.3 is 5.97 Å². The van der Waals surface area contributed by atoms with Gasteiger partial charge in [0, 0.05) is 17.7 Å². The second-order valence-corrected chi connectivity index (χ2v) is 4.41. The summed E-state index contributed by atoms with van der Waals surface area (Å²) < 4.78 is 7.25. The summed E-state index contributed by atoms with van der Waals surface area (Å²) in [4.78, 5) is 11.1. The first-order valence-electron chi connectivity index (χ1n) is 5.68. The summed E-state index contributed by atoms with van der Waals surface area (Å²) in [5, 5.41) is 13.3. The van der Waals surface area contributed by atoms with Crippen LogP contribution in [0.15, 0.2) is 0 Å². The van der Waals surface area contributed by atoms with Crippen molar-refractivity contribution in [1.29, 1.82) is 0 Å². The normalized spacial score (nSPS) is 20.2. The highest BCUT2D eigenvalue weighted by atomic mass is 16.5. The summed E-state index contributed by atoms with van der Waals surface area (Å²) in [5.74, 6) is -0.945. The Morgan fingerprint density at radius 1 is 1.50 bits per heavy atom. The molecule has 0 unspecified atom stereocenters. The molecule has 1 aromatic rings. The summed E-state index contributed by atoms with van der Waals surface area (Å²) >= 11 is 0. The van der Waals surface area contributed by atoms with E-state index < -0.39 is 5.97 Å². The minimum atomic E-state index is -0.945. The third-order valence-corrected chi connectivity index (χ3v) is 3.47. The molecule has 1 N–H and O–H groups in total. The lowest BCUT2D eigenvalue weighted by Gasteiger charge is -2.28. The van der Waals surface area contributed by atoms with Gasteiger partial charge in [0.1, 0.15) is 0 Å². The van der Waals surface area contributed by atoms with Crippen LogP contribution in [0.25, 0.3) is 0 Å². The van der Waals surface area contributed by atoms with E-state index in [0.717, 1.165) is 30.5 Å². The number of ether oxygens (including phenoxy) is 1. The smallest absolute Gasteiger partial charge is 0.356 e. The third-order valence-electron chi connectivity index (χ3n) is 3.47. The van der Waals surface area contributed by atoms with Crippen LogP contribution in [0.1, 0.15) is 47.1 Å². The molecule has 1 saturated carbocycles. The lowest BCUT2D eigenvalue weighted by molar-refractivity contribution is 0.0677. The molecule has 0 amide bonds. The van der Waals surface area contributed by atoms with Gasteiger partial charge in [-0.05, 0) is 19.3 Å². The number of hydrogen-bond donors (Lipinski definition) is 1. The van der Waals surface area contributed by atoms with Crippen LogP contribution >= 0.6 is 0 Å². The highest BCUT2D eigenvalue weighted by molar-refractivity contribution is 5.87. The highest BCUT2D eigenvalue weighted by Crippen LogP contribution is 2.34. The van der Waals surface area contributed by atoms with Crippen molar-refractivity contribution < 1.29 is 14.6 Å². The first kappa shape index (κ1) is 9.84. The van der Waals surface area contributed by atoms with E-state index in [9.17, 15) is 4.79 Å². The SMILES string of the molecule is O=C(O)c1nn(C2CCC2)c2c1COCC2. The number of rotatable bonds is 2. The van der Waals surface area contributed by atoms with Crippen LogP contribution in [0.4, 0.5) is 0 Å². The van der Waals surface area contributed by atoms with Crippen molar-refractivity contribution in [2.75, 3.05) is 6.61 Å². The molecule has 1 aliphatic heterocycles. The topological polar surface area (TPSA) is 64.3 Å². The quantitative estimate of drug-likeness (QED) is 0.821. The Kier molecular flexibility index (Phi) is 2.21. The summed E-state index contributed by atoms with van der Waals surface area (Å²) in [7, 11) is 0. The number of carbonyl (C=O) groups is 1. The van der Waals surface area contributed by atoms with Crippen molar-refractivity contribution in [3.8, 4) is 0 Å². The van der Waals surface area contributed by atoms with Gasteiger partial charge in [-0.3, -0.25) is 4.68 Å². The van der Waals surface area contributed by atoms with Gasteiger partial charge in [0.15, 0.2) is 5.69 Å². The maximum atomic E-state index is 11.1. The summed E-state index contributed by atoms with van der Waals surface area (Å²) in [6, 6.07) is 0.417. The molecule has 86 valence electrons. The molecule has 1 fully saturated rings. The van der Waals surface area contributed by atoms with Gasteiger partial charge in [-0.1, -0.05) is 0 Å². The molecule has 2 aliphatic rings. The second kappa shape index (κ2) is 3.59. The molecule has 5 heteroatoms. The minimum absolute atomic E-state index is 0.182. The third kappa shape index (κ3) is 1.35. The first-order chi connectivity index (χ1) is 7.77. The Bertz CT molecular complexity index is 435. The maximum Gasteiger partial charge on any atom is 0.356 e. The summed E-state index contributed by atoms with van der Waals surface area (Å²) in [6.45, 7) is 1.06. The van der Waals surface area contributed by atoms with E-state index in [0.29, 0.717) is 19.3 Å². The van der Waals surface area contributed by atoms with Gasteiger partial charge in [0.05, 0.1) is 19.3 Å². The van der Waals surface area contributed by atoms with E-state index in [4.69, 9.17) is 9.84 Å². The van der Waals surface area contributed by atoms with E-state index in [2.05, 4.69) is 5.10 Å². The van der Waals surface area contributed by atoms with Crippen LogP contribution in [0.5, 0.6) is 0 Å². The van der Waals surface area contributed by atoms with E-state index in [1.807, 2.05) is 4.68 Å². The molecule has 16 heavy (non-hydrogen) atoms. The van der Waals surface area contributed by atoms with E-state index >= 15 is 0 Å². The summed E-state index contributed by atoms with van der Waals surface area (Å²) in [5.41, 5.74) is 2.04. The molecule has 0 atom stereocenters. The van der Waals surface area contributed by atoms with Crippen molar-refractivity contribution >= 4 is 5.97 Å². The number of hydrogen-bond acceptors (Lipinski definition) is 3. The van der Waals surface area contributed by atoms with Crippen LogP contribution < -0.4 is 0 Å². The Labute approximate surface area is 93.0 Å². The Hall–Kier alpha value is -1.36. The van der Waals surface area contributed by atoms with Crippen molar-refractivity contribution in [1.82, 2.24) is 9.78 Å². The molecule has 0 bridgehead atoms. The number of carboxylic acid groups (broad SMARTS) is 1. The summed E-state index contributed by atoms with van der Waals surface area (Å²) in [6.07, 6.45) is 4.24. The zero-order chi connectivity index (χ0) is 11.1. The lowest BCUT2D eigenvalue weighted by Crippen LogP contribution is -2.22. The molecule has 0 saturated heterocycles. The Morgan fingerprint density at radius 2 is 2.31 bits per heavy atom. The monoisotopic (exact) mass is 222 g/mol. The van der Waals surface area contributed by atoms with Gasteiger partial charge in [-0.2, -0.15) is 5.10 Å². The Morgan fingerprint density at radius 3 is 2.94 bits per heavy atom. The maximum absolute atomic E-state index is 11.1. The van der Waals surface area contributed by atoms with Crippen LogP contribution in [-0.2, 0) is 17.8 Å². The van der Waals surface area contributed by atoms with Crippen molar-refractivity contribution in [2.24, 2.45) is 0 Å². The zero-order valence-electron chi connectivity index (χ0n) is 8.98. The van der Waals surface area contributed by atoms with Crippen molar-refractivity contribution in [3.05, 3.63) is 17.0 Å². The fourth-order valence-electron chi connectivity index (χ4n) is 2.37. The van der Waals surface area contributed by atoms with E-state index in [1.54, 1.807) is 0 Å². The average molecular weight is 222 g/mol. The predicted molar refractivity (Wildman–Crippen MR) is 55.4 cm³/mol. The molecular formula is C11H14N2O3. The molecule has 2 heterocycles. The van der Waals surface area contributed by atoms with Crippen LogP contribution in [0, 0.1) is 0 Å². The average Bonchev–Trinajstić information content (AvgIpc) is 2.56. The molecule has 0 aromatic carbocycles. The van der Waals surface area contributed by atoms with Crippen LogP contribution in [-0.4, -0.2) is 27.5 Å². The molecule has 0 spiro atoms. The molecule has 5 nitrogen and oxygen atoms in total. The molecule has 1 aliphatic carbocycles. The molecule has 3 rings (SSSR count). The van der Waals surface area contributed by atoms with Crippen molar-refractivity contribution in [2.45, 2.75) is 38.3 Å². The minimum Gasteiger partial charge on any atom is -0.476 e. The van der Waals surface area contributed by atoms with Crippen LogP contribution in [0.2, 0.25) is 0 Å². The highest BCUT2D eigenvalue weighted by Gasteiger charge is 2.30. The number of nitrogens with zero attached hydrogens (tertiary/aromatic N) is 2. The fourth-order valence-corrected chi connectivity index (χ4v) is 2.37. The van der Waals surface area contributed by atoms with Gasteiger partial charge in [0.25, 0.3) is 0 Å². The Balaban J connectivity index is 2.07. The predicted octanol–water partition coefficient (Wildman–Crippen LogP) is 1.38. The van der Waals surface area contributed by atoms with E-state index in [-0.39, 0.29) is 5.69 Å². The number of aromatic nitrogens is 2. The molecule has 1 aromatic heterocycles. The second-order valence-electron chi connectivity index (χ2n) is 4.41. The lowest BCUT2D eigenvalue weighted by atomic mass is 9.93. The fraction of sp³-hybridized carbons (Fsp3) is 0.636. The standard InChI is InChI=1S/C11H14N2O3/c14-11(15)10-8-6-16-5-4-9(8)13(12-10)7-2-1-3-7/h7H,1-6H2,(H,14,15). The number of carboxylic acids is 1.